The predicted octanol–water partition coefficient (Wildman–Crippen LogP) is 8.45. The Bertz CT molecular complexity index is 540. The van der Waals surface area contributed by atoms with E-state index >= 15 is 0 Å². The van der Waals surface area contributed by atoms with E-state index in [-0.39, 0.29) is 0 Å². The van der Waals surface area contributed by atoms with Crippen LogP contribution in [-0.2, 0) is 0 Å². The lowest BCUT2D eigenvalue weighted by atomic mass is 9.44. The molecule has 1 heteroatoms. The van der Waals surface area contributed by atoms with Crippen LogP contribution in [0.5, 0.6) is 0 Å². The molecule has 0 aromatic carbocycles. The number of hydrogen-bond donors (Lipinski definition) is 0. The minimum atomic E-state index is -0.508. The molecule has 4 rings (SSSR count). The molecule has 0 bridgehead atoms. The topological polar surface area (TPSA) is 0 Å². The second-order valence-electron chi connectivity index (χ2n) is 12.6. The van der Waals surface area contributed by atoms with Gasteiger partial charge in [0.05, 0.1) is 0 Å². The van der Waals surface area contributed by atoms with Crippen LogP contribution in [0.3, 0.4) is 0 Å². The summed E-state index contributed by atoms with van der Waals surface area (Å²) in [6.07, 6.45) is 15.2. The second-order valence-corrected chi connectivity index (χ2v) is 12.6. The standard InChI is InChI=1S/C27H47F/c1-18(2)7-6-8-19(3)23-11-12-24-22-10-9-20-17-21(28)13-15-26(20,4)25(22)14-16-27(23,24)5/h18-25H,6-17H2,1-5H3/t19-,20+,21+,22+,23-,24+,25+,26+,27-/m1/s1. The lowest BCUT2D eigenvalue weighted by molar-refractivity contribution is -0.122. The van der Waals surface area contributed by atoms with Crippen molar-refractivity contribution in [2.45, 2.75) is 118 Å². The Balaban J connectivity index is 1.46. The summed E-state index contributed by atoms with van der Waals surface area (Å²) in [5, 5.41) is 0. The minimum absolute atomic E-state index is 0.452. The molecule has 0 aliphatic heterocycles. The molecule has 0 N–H and O–H groups in total. The van der Waals surface area contributed by atoms with Gasteiger partial charge in [0.15, 0.2) is 0 Å². The van der Waals surface area contributed by atoms with Crippen molar-refractivity contribution in [1.82, 2.24) is 0 Å². The molecule has 0 spiro atoms. The van der Waals surface area contributed by atoms with E-state index in [0.29, 0.717) is 16.7 Å². The highest BCUT2D eigenvalue weighted by atomic mass is 19.1. The van der Waals surface area contributed by atoms with Crippen LogP contribution in [0.4, 0.5) is 4.39 Å². The first-order valence-corrected chi connectivity index (χ1v) is 12.9. The summed E-state index contributed by atoms with van der Waals surface area (Å²) in [5.74, 6) is 6.19. The summed E-state index contributed by atoms with van der Waals surface area (Å²) in [5.41, 5.74) is 1.05. The maximum atomic E-state index is 14.1. The molecule has 0 amide bonds. The Kier molecular flexibility index (Phi) is 5.96. The van der Waals surface area contributed by atoms with Crippen LogP contribution in [0, 0.1) is 52.3 Å². The first kappa shape index (κ1) is 21.2. The minimum Gasteiger partial charge on any atom is -0.247 e. The first-order chi connectivity index (χ1) is 13.3. The maximum absolute atomic E-state index is 14.1. The lowest BCUT2D eigenvalue weighted by Crippen LogP contribution is -2.53. The summed E-state index contributed by atoms with van der Waals surface area (Å²) in [7, 11) is 0. The number of rotatable bonds is 5. The van der Waals surface area contributed by atoms with Crippen molar-refractivity contribution in [3.8, 4) is 0 Å². The zero-order chi connectivity index (χ0) is 20.1. The number of hydrogen-bond acceptors (Lipinski definition) is 0. The smallest absolute Gasteiger partial charge is 0.100 e. The third-order valence-electron chi connectivity index (χ3n) is 10.8. The van der Waals surface area contributed by atoms with Gasteiger partial charge in [-0.2, -0.15) is 0 Å². The van der Waals surface area contributed by atoms with Gasteiger partial charge in [-0.05, 0) is 110 Å². The van der Waals surface area contributed by atoms with Crippen molar-refractivity contribution < 1.29 is 4.39 Å². The Morgan fingerprint density at radius 3 is 2.29 bits per heavy atom. The van der Waals surface area contributed by atoms with Crippen molar-refractivity contribution >= 4 is 0 Å². The highest BCUT2D eigenvalue weighted by Crippen LogP contribution is 2.68. The van der Waals surface area contributed by atoms with Crippen molar-refractivity contribution in [3.05, 3.63) is 0 Å². The lowest BCUT2D eigenvalue weighted by Gasteiger charge is -2.61. The van der Waals surface area contributed by atoms with Crippen molar-refractivity contribution in [2.24, 2.45) is 52.3 Å². The largest absolute Gasteiger partial charge is 0.247 e. The van der Waals surface area contributed by atoms with E-state index in [1.54, 1.807) is 0 Å². The SMILES string of the molecule is CC(C)CCC[C@@H](C)[C@H]1CC[C@H]2[C@@H]3CC[C@H]4C[C@@H](F)CC[C@]4(C)[C@H]3CC[C@]12C. The number of halogens is 1. The second kappa shape index (κ2) is 7.88. The molecule has 9 atom stereocenters. The fourth-order valence-electron chi connectivity index (χ4n) is 9.23. The third kappa shape index (κ3) is 3.49. The van der Waals surface area contributed by atoms with Gasteiger partial charge in [-0.3, -0.25) is 0 Å². The monoisotopic (exact) mass is 390 g/mol. The van der Waals surface area contributed by atoms with Crippen molar-refractivity contribution in [1.29, 1.82) is 0 Å². The van der Waals surface area contributed by atoms with Crippen molar-refractivity contribution in [2.75, 3.05) is 0 Å². The van der Waals surface area contributed by atoms with Crippen LogP contribution in [0.15, 0.2) is 0 Å². The molecular weight excluding hydrogens is 343 g/mol. The van der Waals surface area contributed by atoms with Crippen molar-refractivity contribution in [3.63, 3.8) is 0 Å². The molecule has 4 fully saturated rings. The molecule has 4 aliphatic carbocycles. The Hall–Kier alpha value is -0.0700. The molecule has 0 unspecified atom stereocenters. The third-order valence-corrected chi connectivity index (χ3v) is 10.8. The summed E-state index contributed by atoms with van der Waals surface area (Å²) in [6.45, 7) is 12.6. The first-order valence-electron chi connectivity index (χ1n) is 12.9. The highest BCUT2D eigenvalue weighted by molar-refractivity contribution is 5.09. The van der Waals surface area contributed by atoms with E-state index in [0.717, 1.165) is 48.3 Å². The van der Waals surface area contributed by atoms with Gasteiger partial charge >= 0.3 is 0 Å². The Labute approximate surface area is 174 Å². The molecule has 4 saturated carbocycles. The fourth-order valence-corrected chi connectivity index (χ4v) is 9.23. The summed E-state index contributed by atoms with van der Waals surface area (Å²) in [6, 6.07) is 0. The molecule has 0 aromatic heterocycles. The van der Waals surface area contributed by atoms with Gasteiger partial charge in [0.25, 0.3) is 0 Å². The molecule has 162 valence electrons. The molecule has 0 aromatic rings. The van der Waals surface area contributed by atoms with E-state index in [1.165, 1.54) is 64.2 Å². The Morgan fingerprint density at radius 1 is 0.821 bits per heavy atom. The fraction of sp³-hybridized carbons (Fsp3) is 1.00. The molecule has 28 heavy (non-hydrogen) atoms. The van der Waals surface area contributed by atoms with Gasteiger partial charge in [0.1, 0.15) is 6.17 Å². The van der Waals surface area contributed by atoms with Crippen LogP contribution < -0.4 is 0 Å². The normalized spacial score (nSPS) is 49.4. The van der Waals surface area contributed by atoms with Crippen LogP contribution in [0.1, 0.15) is 112 Å². The van der Waals surface area contributed by atoms with E-state index in [1.807, 2.05) is 0 Å². The average Bonchev–Trinajstić information content (AvgIpc) is 2.99. The molecule has 0 radical (unpaired) electrons. The highest BCUT2D eigenvalue weighted by Gasteiger charge is 2.60. The number of fused-ring (bicyclic) bond motifs is 5. The van der Waals surface area contributed by atoms with E-state index < -0.39 is 6.17 Å². The van der Waals surface area contributed by atoms with Crippen LogP contribution in [-0.4, -0.2) is 6.17 Å². The molecule has 4 aliphatic rings. The maximum Gasteiger partial charge on any atom is 0.100 e. The zero-order valence-corrected chi connectivity index (χ0v) is 19.5. The summed E-state index contributed by atoms with van der Waals surface area (Å²) < 4.78 is 14.1. The van der Waals surface area contributed by atoms with Gasteiger partial charge in [0.2, 0.25) is 0 Å². The van der Waals surface area contributed by atoms with Crippen LogP contribution in [0.2, 0.25) is 0 Å². The molecular formula is C27H47F. The van der Waals surface area contributed by atoms with Gasteiger partial charge in [-0.15, -0.1) is 0 Å². The average molecular weight is 391 g/mol. The van der Waals surface area contributed by atoms with Crippen LogP contribution in [0.25, 0.3) is 0 Å². The Morgan fingerprint density at radius 2 is 1.54 bits per heavy atom. The predicted molar refractivity (Wildman–Crippen MR) is 118 cm³/mol. The van der Waals surface area contributed by atoms with E-state index in [9.17, 15) is 4.39 Å². The quantitative estimate of drug-likeness (QED) is 0.441. The number of alkyl halides is 1. The zero-order valence-electron chi connectivity index (χ0n) is 19.5. The molecule has 0 nitrogen and oxygen atoms in total. The molecule has 0 heterocycles. The van der Waals surface area contributed by atoms with Gasteiger partial charge in [-0.1, -0.05) is 53.9 Å². The van der Waals surface area contributed by atoms with Gasteiger partial charge in [0, 0.05) is 0 Å². The molecule has 0 saturated heterocycles. The van der Waals surface area contributed by atoms with Gasteiger partial charge in [-0.25, -0.2) is 4.39 Å². The summed E-state index contributed by atoms with van der Waals surface area (Å²) in [4.78, 5) is 0. The van der Waals surface area contributed by atoms with E-state index in [2.05, 4.69) is 34.6 Å². The summed E-state index contributed by atoms with van der Waals surface area (Å²) >= 11 is 0. The van der Waals surface area contributed by atoms with Gasteiger partial charge < -0.3 is 0 Å². The van der Waals surface area contributed by atoms with Crippen LogP contribution >= 0.6 is 0 Å². The van der Waals surface area contributed by atoms with E-state index in [4.69, 9.17) is 0 Å².